The van der Waals surface area contributed by atoms with Gasteiger partial charge < -0.3 is 10.4 Å². The van der Waals surface area contributed by atoms with Crippen LogP contribution in [0.5, 0.6) is 0 Å². The Balaban J connectivity index is 2.43. The first-order chi connectivity index (χ1) is 7.93. The van der Waals surface area contributed by atoms with Crippen molar-refractivity contribution >= 4 is 16.7 Å². The van der Waals surface area contributed by atoms with Gasteiger partial charge in [-0.25, -0.2) is 4.98 Å². The molecule has 0 aliphatic rings. The largest absolute Gasteiger partial charge is 0.388 e. The van der Waals surface area contributed by atoms with Crippen LogP contribution >= 0.6 is 11.5 Å². The van der Waals surface area contributed by atoms with Crippen LogP contribution in [0.3, 0.4) is 0 Å². The molecule has 0 fully saturated rings. The second-order valence-corrected chi connectivity index (χ2v) is 5.97. The summed E-state index contributed by atoms with van der Waals surface area (Å²) >= 11 is 1.37. The molecule has 0 saturated heterocycles. The van der Waals surface area contributed by atoms with E-state index in [2.05, 4.69) is 35.4 Å². The smallest absolute Gasteiger partial charge is 0.202 e. The summed E-state index contributed by atoms with van der Waals surface area (Å²) in [5, 5.41) is 14.1. The molecule has 2 N–H and O–H groups in total. The Morgan fingerprint density at radius 1 is 1.47 bits per heavy atom. The van der Waals surface area contributed by atoms with Crippen molar-refractivity contribution in [1.82, 2.24) is 9.36 Å². The minimum atomic E-state index is -0.690. The first kappa shape index (κ1) is 14.4. The van der Waals surface area contributed by atoms with Crippen molar-refractivity contribution < 1.29 is 5.11 Å². The van der Waals surface area contributed by atoms with Gasteiger partial charge in [-0.1, -0.05) is 20.8 Å². The molecule has 5 heteroatoms. The van der Waals surface area contributed by atoms with Gasteiger partial charge in [-0.2, -0.15) is 4.37 Å². The van der Waals surface area contributed by atoms with Crippen LogP contribution in [-0.4, -0.2) is 26.6 Å². The lowest BCUT2D eigenvalue weighted by atomic mass is 9.94. The Hall–Kier alpha value is -0.680. The maximum Gasteiger partial charge on any atom is 0.202 e. The molecule has 0 amide bonds. The standard InChI is InChI=1S/C12H23N3OS/c1-5-6-10-14-11(17-15-10)13-8-12(4,16)7-9(2)3/h9,16H,5-8H2,1-4H3,(H,13,14,15). The number of nitrogens with zero attached hydrogens (tertiary/aromatic N) is 2. The summed E-state index contributed by atoms with van der Waals surface area (Å²) in [6.07, 6.45) is 2.75. The molecule has 1 atom stereocenters. The zero-order valence-electron chi connectivity index (χ0n) is 11.2. The maximum atomic E-state index is 10.2. The Labute approximate surface area is 108 Å². The van der Waals surface area contributed by atoms with Gasteiger partial charge >= 0.3 is 0 Å². The van der Waals surface area contributed by atoms with Gasteiger partial charge in [0, 0.05) is 24.5 Å². The second-order valence-electron chi connectivity index (χ2n) is 5.21. The van der Waals surface area contributed by atoms with Gasteiger partial charge in [0.05, 0.1) is 5.60 Å². The van der Waals surface area contributed by atoms with E-state index in [4.69, 9.17) is 0 Å². The maximum absolute atomic E-state index is 10.2. The van der Waals surface area contributed by atoms with E-state index in [1.165, 1.54) is 11.5 Å². The number of hydrogen-bond acceptors (Lipinski definition) is 5. The summed E-state index contributed by atoms with van der Waals surface area (Å²) in [5.41, 5.74) is -0.690. The fraction of sp³-hybridized carbons (Fsp3) is 0.833. The Bertz CT molecular complexity index is 336. The molecule has 98 valence electrons. The minimum Gasteiger partial charge on any atom is -0.388 e. The first-order valence-electron chi connectivity index (χ1n) is 6.22. The molecule has 0 saturated carbocycles. The molecule has 1 aromatic rings. The van der Waals surface area contributed by atoms with Crippen molar-refractivity contribution in [3.63, 3.8) is 0 Å². The summed E-state index contributed by atoms with van der Waals surface area (Å²) in [6, 6.07) is 0. The highest BCUT2D eigenvalue weighted by atomic mass is 32.1. The van der Waals surface area contributed by atoms with E-state index < -0.39 is 5.60 Å². The highest BCUT2D eigenvalue weighted by Gasteiger charge is 2.22. The summed E-state index contributed by atoms with van der Waals surface area (Å²) in [6.45, 7) is 8.71. The molecular weight excluding hydrogens is 234 g/mol. The van der Waals surface area contributed by atoms with Crippen LogP contribution in [-0.2, 0) is 6.42 Å². The highest BCUT2D eigenvalue weighted by molar-refractivity contribution is 7.09. The number of hydrogen-bond donors (Lipinski definition) is 2. The number of aromatic nitrogens is 2. The van der Waals surface area contributed by atoms with Crippen LogP contribution in [0.25, 0.3) is 0 Å². The molecule has 1 heterocycles. The SMILES string of the molecule is CCCc1nsc(NCC(C)(O)CC(C)C)n1. The van der Waals surface area contributed by atoms with Crippen LogP contribution in [0, 0.1) is 5.92 Å². The number of aryl methyl sites for hydroxylation is 1. The topological polar surface area (TPSA) is 58.0 Å². The Kier molecular flexibility index (Phi) is 5.33. The number of nitrogens with one attached hydrogen (secondary N) is 1. The van der Waals surface area contributed by atoms with Gasteiger partial charge in [-0.15, -0.1) is 0 Å². The molecule has 0 radical (unpaired) electrons. The van der Waals surface area contributed by atoms with Crippen molar-refractivity contribution in [3.05, 3.63) is 5.82 Å². The van der Waals surface area contributed by atoms with Gasteiger partial charge in [0.2, 0.25) is 5.13 Å². The lowest BCUT2D eigenvalue weighted by Crippen LogP contribution is -2.34. The molecule has 1 unspecified atom stereocenters. The molecule has 0 aliphatic heterocycles. The average molecular weight is 257 g/mol. The fourth-order valence-electron chi connectivity index (χ4n) is 1.87. The Morgan fingerprint density at radius 2 is 2.18 bits per heavy atom. The first-order valence-corrected chi connectivity index (χ1v) is 6.99. The van der Waals surface area contributed by atoms with Crippen LogP contribution in [0.4, 0.5) is 5.13 Å². The molecular formula is C12H23N3OS. The molecule has 17 heavy (non-hydrogen) atoms. The molecule has 0 bridgehead atoms. The minimum absolute atomic E-state index is 0.483. The van der Waals surface area contributed by atoms with E-state index in [0.29, 0.717) is 12.5 Å². The molecule has 0 spiro atoms. The second kappa shape index (κ2) is 6.31. The molecule has 1 aromatic heterocycles. The van der Waals surface area contributed by atoms with Crippen molar-refractivity contribution in [1.29, 1.82) is 0 Å². The highest BCUT2D eigenvalue weighted by Crippen LogP contribution is 2.18. The predicted molar refractivity (Wildman–Crippen MR) is 72.5 cm³/mol. The van der Waals surface area contributed by atoms with Gasteiger partial charge in [-0.3, -0.25) is 0 Å². The van der Waals surface area contributed by atoms with E-state index >= 15 is 0 Å². The van der Waals surface area contributed by atoms with Crippen LogP contribution in [0.1, 0.15) is 46.4 Å². The zero-order valence-corrected chi connectivity index (χ0v) is 12.0. The predicted octanol–water partition coefficient (Wildman–Crippen LogP) is 2.70. The van der Waals surface area contributed by atoms with E-state index in [9.17, 15) is 5.11 Å². The Morgan fingerprint density at radius 3 is 2.76 bits per heavy atom. The van der Waals surface area contributed by atoms with E-state index in [-0.39, 0.29) is 0 Å². The average Bonchev–Trinajstić information content (AvgIpc) is 2.62. The van der Waals surface area contributed by atoms with E-state index in [0.717, 1.165) is 30.2 Å². The third kappa shape index (κ3) is 5.46. The summed E-state index contributed by atoms with van der Waals surface area (Å²) in [5.74, 6) is 1.38. The fourth-order valence-corrected chi connectivity index (χ4v) is 2.48. The monoisotopic (exact) mass is 257 g/mol. The number of aliphatic hydroxyl groups is 1. The van der Waals surface area contributed by atoms with Crippen LogP contribution < -0.4 is 5.32 Å². The summed E-state index contributed by atoms with van der Waals surface area (Å²) < 4.78 is 4.25. The van der Waals surface area contributed by atoms with Crippen LogP contribution in [0.2, 0.25) is 0 Å². The zero-order chi connectivity index (χ0) is 12.9. The summed E-state index contributed by atoms with van der Waals surface area (Å²) in [4.78, 5) is 4.37. The number of rotatable bonds is 7. The quantitative estimate of drug-likeness (QED) is 0.788. The van der Waals surface area contributed by atoms with Gasteiger partial charge in [0.25, 0.3) is 0 Å². The third-order valence-electron chi connectivity index (χ3n) is 2.41. The van der Waals surface area contributed by atoms with Gasteiger partial charge in [0.1, 0.15) is 5.82 Å². The third-order valence-corrected chi connectivity index (χ3v) is 3.12. The van der Waals surface area contributed by atoms with Crippen molar-refractivity contribution in [2.45, 2.75) is 52.6 Å². The lowest BCUT2D eigenvalue weighted by Gasteiger charge is -2.25. The van der Waals surface area contributed by atoms with E-state index in [1.807, 2.05) is 6.92 Å². The van der Waals surface area contributed by atoms with Crippen molar-refractivity contribution in [3.8, 4) is 0 Å². The number of anilines is 1. The molecule has 1 rings (SSSR count). The molecule has 0 aliphatic carbocycles. The molecule has 0 aromatic carbocycles. The van der Waals surface area contributed by atoms with Crippen molar-refractivity contribution in [2.24, 2.45) is 5.92 Å². The lowest BCUT2D eigenvalue weighted by molar-refractivity contribution is 0.0515. The van der Waals surface area contributed by atoms with Gasteiger partial charge in [0.15, 0.2) is 0 Å². The van der Waals surface area contributed by atoms with Crippen molar-refractivity contribution in [2.75, 3.05) is 11.9 Å². The normalized spacial score (nSPS) is 14.9. The van der Waals surface area contributed by atoms with Gasteiger partial charge in [-0.05, 0) is 25.7 Å². The molecule has 4 nitrogen and oxygen atoms in total. The van der Waals surface area contributed by atoms with Crippen LogP contribution in [0.15, 0.2) is 0 Å². The summed E-state index contributed by atoms with van der Waals surface area (Å²) in [7, 11) is 0. The van der Waals surface area contributed by atoms with E-state index in [1.54, 1.807) is 0 Å².